The molecule has 0 atom stereocenters. The van der Waals surface area contributed by atoms with Gasteiger partial charge in [-0.3, -0.25) is 4.79 Å². The molecule has 1 aromatic heterocycles. The van der Waals surface area contributed by atoms with E-state index in [9.17, 15) is 4.79 Å². The largest absolute Gasteiger partial charge is 0.496 e. The van der Waals surface area contributed by atoms with Gasteiger partial charge in [0.25, 0.3) is 5.91 Å². The molecule has 0 saturated carbocycles. The molecule has 0 unspecified atom stereocenters. The number of amides is 1. The Labute approximate surface area is 131 Å². The summed E-state index contributed by atoms with van der Waals surface area (Å²) in [6, 6.07) is 7.48. The van der Waals surface area contributed by atoms with E-state index in [4.69, 9.17) is 4.74 Å². The first kappa shape index (κ1) is 15.1. The fourth-order valence-electron chi connectivity index (χ4n) is 1.85. The Hall–Kier alpha value is -1.33. The number of hydrogen-bond acceptors (Lipinski definition) is 3. The highest BCUT2D eigenvalue weighted by Gasteiger charge is 2.12. The number of thiophene rings is 1. The summed E-state index contributed by atoms with van der Waals surface area (Å²) < 4.78 is 6.12. The third-order valence-electron chi connectivity index (χ3n) is 3.05. The van der Waals surface area contributed by atoms with Crippen LogP contribution in [0.15, 0.2) is 28.7 Å². The summed E-state index contributed by atoms with van der Waals surface area (Å²) in [6.45, 7) is 4.70. The molecule has 0 fully saturated rings. The molecule has 2 rings (SSSR count). The van der Waals surface area contributed by atoms with Crippen molar-refractivity contribution >= 4 is 33.2 Å². The number of ether oxygens (including phenoxy) is 1. The van der Waals surface area contributed by atoms with Gasteiger partial charge in [-0.15, -0.1) is 11.3 Å². The second kappa shape index (κ2) is 6.41. The Balaban J connectivity index is 2.08. The maximum Gasteiger partial charge on any atom is 0.255 e. The number of nitrogens with one attached hydrogen (secondary N) is 1. The number of hydrogen-bond donors (Lipinski definition) is 1. The molecule has 2 aromatic rings. The Morgan fingerprint density at radius 1 is 1.35 bits per heavy atom. The highest BCUT2D eigenvalue weighted by Crippen LogP contribution is 2.24. The van der Waals surface area contributed by atoms with E-state index in [2.05, 4.69) is 41.2 Å². The zero-order chi connectivity index (χ0) is 14.7. The third-order valence-corrected chi connectivity index (χ3v) is 4.69. The second-order valence-electron chi connectivity index (χ2n) is 4.48. The first-order chi connectivity index (χ1) is 9.51. The normalized spacial score (nSPS) is 10.4. The number of aryl methyl sites for hydroxylation is 2. The molecular weight excluding hydrogens is 338 g/mol. The molecule has 1 aromatic carbocycles. The van der Waals surface area contributed by atoms with Crippen molar-refractivity contribution in [2.75, 3.05) is 7.11 Å². The first-order valence-electron chi connectivity index (χ1n) is 6.19. The number of carbonyl (C=O) groups is 1. The molecule has 0 aliphatic heterocycles. The van der Waals surface area contributed by atoms with Crippen molar-refractivity contribution in [1.82, 2.24) is 5.32 Å². The molecule has 0 radical (unpaired) electrons. The highest BCUT2D eigenvalue weighted by molar-refractivity contribution is 9.10. The fourth-order valence-corrected chi connectivity index (χ4v) is 3.19. The minimum Gasteiger partial charge on any atom is -0.496 e. The summed E-state index contributed by atoms with van der Waals surface area (Å²) in [6.07, 6.45) is 0. The third kappa shape index (κ3) is 3.41. The van der Waals surface area contributed by atoms with E-state index < -0.39 is 0 Å². The summed E-state index contributed by atoms with van der Waals surface area (Å²) >= 11 is 5.07. The molecule has 0 aliphatic rings. The molecular formula is C15H16BrNO2S. The maximum atomic E-state index is 12.2. The van der Waals surface area contributed by atoms with E-state index in [1.54, 1.807) is 30.6 Å². The van der Waals surface area contributed by atoms with Crippen molar-refractivity contribution in [3.8, 4) is 5.75 Å². The van der Waals surface area contributed by atoms with Gasteiger partial charge in [-0.25, -0.2) is 0 Å². The molecule has 3 nitrogen and oxygen atoms in total. The van der Waals surface area contributed by atoms with Crippen LogP contribution in [0.3, 0.4) is 0 Å². The summed E-state index contributed by atoms with van der Waals surface area (Å²) in [5, 5.41) is 2.93. The van der Waals surface area contributed by atoms with Crippen LogP contribution in [0.5, 0.6) is 5.75 Å². The van der Waals surface area contributed by atoms with Crippen LogP contribution in [-0.2, 0) is 6.54 Å². The van der Waals surface area contributed by atoms with Crippen molar-refractivity contribution in [3.05, 3.63) is 49.6 Å². The van der Waals surface area contributed by atoms with Gasteiger partial charge in [0, 0.05) is 14.2 Å². The Morgan fingerprint density at radius 2 is 2.10 bits per heavy atom. The van der Waals surface area contributed by atoms with Gasteiger partial charge < -0.3 is 10.1 Å². The lowest BCUT2D eigenvalue weighted by molar-refractivity contribution is 0.0948. The standard InChI is InChI=1S/C15H16BrNO2S/c1-9-6-12(20-10(9)2)8-17-15(18)13-5-4-11(16)7-14(13)19-3/h4-7H,8H2,1-3H3,(H,17,18). The topological polar surface area (TPSA) is 38.3 Å². The predicted molar refractivity (Wildman–Crippen MR) is 85.7 cm³/mol. The zero-order valence-electron chi connectivity index (χ0n) is 11.6. The number of carbonyl (C=O) groups excluding carboxylic acids is 1. The van der Waals surface area contributed by atoms with Crippen molar-refractivity contribution in [3.63, 3.8) is 0 Å². The van der Waals surface area contributed by atoms with E-state index >= 15 is 0 Å². The Bertz CT molecular complexity index is 617. The summed E-state index contributed by atoms with van der Waals surface area (Å²) in [4.78, 5) is 14.6. The maximum absolute atomic E-state index is 12.2. The van der Waals surface area contributed by atoms with E-state index in [0.717, 1.165) is 9.35 Å². The van der Waals surface area contributed by atoms with Crippen molar-refractivity contribution in [1.29, 1.82) is 0 Å². The lowest BCUT2D eigenvalue weighted by Gasteiger charge is -2.09. The predicted octanol–water partition coefficient (Wildman–Crippen LogP) is 4.07. The minimum absolute atomic E-state index is 0.127. The Kier molecular flexibility index (Phi) is 4.83. The number of methoxy groups -OCH3 is 1. The second-order valence-corrected chi connectivity index (χ2v) is 6.74. The van der Waals surface area contributed by atoms with Gasteiger partial charge in [0.15, 0.2) is 0 Å². The van der Waals surface area contributed by atoms with Crippen molar-refractivity contribution < 1.29 is 9.53 Å². The van der Waals surface area contributed by atoms with Gasteiger partial charge in [-0.2, -0.15) is 0 Å². The number of halogens is 1. The smallest absolute Gasteiger partial charge is 0.255 e. The quantitative estimate of drug-likeness (QED) is 0.899. The van der Waals surface area contributed by atoms with Gasteiger partial charge in [0.1, 0.15) is 5.75 Å². The number of benzene rings is 1. The van der Waals surface area contributed by atoms with Gasteiger partial charge >= 0.3 is 0 Å². The van der Waals surface area contributed by atoms with E-state index in [1.807, 2.05) is 6.07 Å². The Morgan fingerprint density at radius 3 is 2.70 bits per heavy atom. The molecule has 1 N–H and O–H groups in total. The molecule has 0 bridgehead atoms. The van der Waals surface area contributed by atoms with Crippen LogP contribution in [0.4, 0.5) is 0 Å². The van der Waals surface area contributed by atoms with Crippen LogP contribution in [0.25, 0.3) is 0 Å². The zero-order valence-corrected chi connectivity index (χ0v) is 14.0. The van der Waals surface area contributed by atoms with Crippen LogP contribution in [0.2, 0.25) is 0 Å². The summed E-state index contributed by atoms with van der Waals surface area (Å²) in [5.41, 5.74) is 1.81. The van der Waals surface area contributed by atoms with Crippen LogP contribution in [-0.4, -0.2) is 13.0 Å². The summed E-state index contributed by atoms with van der Waals surface area (Å²) in [7, 11) is 1.56. The molecule has 1 heterocycles. The minimum atomic E-state index is -0.127. The number of rotatable bonds is 4. The molecule has 0 saturated heterocycles. The molecule has 0 aliphatic carbocycles. The molecule has 20 heavy (non-hydrogen) atoms. The summed E-state index contributed by atoms with van der Waals surface area (Å²) in [5.74, 6) is 0.438. The molecule has 106 valence electrons. The van der Waals surface area contributed by atoms with Crippen molar-refractivity contribution in [2.24, 2.45) is 0 Å². The average Bonchev–Trinajstić information content (AvgIpc) is 2.75. The SMILES string of the molecule is COc1cc(Br)ccc1C(=O)NCc1cc(C)c(C)s1. The van der Waals surface area contributed by atoms with Gasteiger partial charge in [-0.1, -0.05) is 15.9 Å². The molecule has 1 amide bonds. The van der Waals surface area contributed by atoms with Crippen LogP contribution in [0, 0.1) is 13.8 Å². The van der Waals surface area contributed by atoms with Gasteiger partial charge in [-0.05, 0) is 43.7 Å². The van der Waals surface area contributed by atoms with E-state index in [-0.39, 0.29) is 5.91 Å². The van der Waals surface area contributed by atoms with Gasteiger partial charge in [0.2, 0.25) is 0 Å². The highest BCUT2D eigenvalue weighted by atomic mass is 79.9. The van der Waals surface area contributed by atoms with E-state index in [1.165, 1.54) is 10.4 Å². The van der Waals surface area contributed by atoms with E-state index in [0.29, 0.717) is 17.9 Å². The lowest BCUT2D eigenvalue weighted by atomic mass is 10.2. The average molecular weight is 354 g/mol. The van der Waals surface area contributed by atoms with Crippen LogP contribution in [0.1, 0.15) is 25.7 Å². The molecule has 0 spiro atoms. The van der Waals surface area contributed by atoms with Gasteiger partial charge in [0.05, 0.1) is 19.2 Å². The lowest BCUT2D eigenvalue weighted by Crippen LogP contribution is -2.22. The van der Waals surface area contributed by atoms with Crippen LogP contribution < -0.4 is 10.1 Å². The van der Waals surface area contributed by atoms with Crippen LogP contribution >= 0.6 is 27.3 Å². The monoisotopic (exact) mass is 353 g/mol. The first-order valence-corrected chi connectivity index (χ1v) is 7.80. The van der Waals surface area contributed by atoms with Crippen molar-refractivity contribution in [2.45, 2.75) is 20.4 Å². The fraction of sp³-hybridized carbons (Fsp3) is 0.267. The molecule has 5 heteroatoms.